The monoisotopic (exact) mass is 268 g/mol. The Balaban J connectivity index is 2.34. The van der Waals surface area contributed by atoms with Crippen LogP contribution in [0.5, 0.6) is 0 Å². The van der Waals surface area contributed by atoms with Crippen molar-refractivity contribution in [2.24, 2.45) is 5.41 Å². The average Bonchev–Trinajstić information content (AvgIpc) is 2.21. The number of rotatable bonds is 2. The number of amides is 3. The van der Waals surface area contributed by atoms with E-state index in [1.165, 1.54) is 13.8 Å². The van der Waals surface area contributed by atoms with Gasteiger partial charge >= 0.3 is 5.97 Å². The van der Waals surface area contributed by atoms with Crippen LogP contribution in [0.1, 0.15) is 33.1 Å². The van der Waals surface area contributed by atoms with Gasteiger partial charge < -0.3 is 10.0 Å². The largest absolute Gasteiger partial charge is 0.480 e. The number of carboxylic acid groups (broad SMARTS) is 1. The molecule has 0 aromatic carbocycles. The van der Waals surface area contributed by atoms with E-state index in [1.807, 2.05) is 0 Å². The van der Waals surface area contributed by atoms with Gasteiger partial charge in [-0.15, -0.1) is 0 Å². The second-order valence-corrected chi connectivity index (χ2v) is 5.57. The SMILES string of the molecule is CC1(C)C(=O)NC(=O)CN1C(=O)C1(C(=O)O)CCC1. The van der Waals surface area contributed by atoms with Crippen molar-refractivity contribution in [3.63, 3.8) is 0 Å². The molecule has 19 heavy (non-hydrogen) atoms. The number of carboxylic acids is 1. The summed E-state index contributed by atoms with van der Waals surface area (Å²) < 4.78 is 0. The van der Waals surface area contributed by atoms with Crippen molar-refractivity contribution in [2.75, 3.05) is 6.54 Å². The molecule has 0 bridgehead atoms. The minimum absolute atomic E-state index is 0.254. The van der Waals surface area contributed by atoms with Crippen molar-refractivity contribution in [3.05, 3.63) is 0 Å². The third kappa shape index (κ3) is 1.80. The van der Waals surface area contributed by atoms with Crippen molar-refractivity contribution in [1.82, 2.24) is 10.2 Å². The Morgan fingerprint density at radius 2 is 1.84 bits per heavy atom. The number of hydrogen-bond donors (Lipinski definition) is 2. The maximum absolute atomic E-state index is 12.5. The van der Waals surface area contributed by atoms with Crippen LogP contribution in [0.25, 0.3) is 0 Å². The highest BCUT2D eigenvalue weighted by Crippen LogP contribution is 2.44. The minimum atomic E-state index is -1.46. The lowest BCUT2D eigenvalue weighted by Gasteiger charge is -2.46. The normalized spacial score (nSPS) is 24.4. The van der Waals surface area contributed by atoms with Crippen molar-refractivity contribution < 1.29 is 24.3 Å². The summed E-state index contributed by atoms with van der Waals surface area (Å²) in [6, 6.07) is 0. The molecule has 1 saturated carbocycles. The predicted octanol–water partition coefficient (Wildman–Crippen LogP) is -0.495. The summed E-state index contributed by atoms with van der Waals surface area (Å²) in [5.41, 5.74) is -2.68. The standard InChI is InChI=1S/C12H16N2O5/c1-11(2)8(16)13-7(15)6-14(11)9(17)12(10(18)19)4-3-5-12/h3-6H2,1-2H3,(H,18,19)(H,13,15,16). The number of aliphatic carboxylic acids is 1. The van der Waals surface area contributed by atoms with Gasteiger partial charge in [0, 0.05) is 0 Å². The van der Waals surface area contributed by atoms with Crippen molar-refractivity contribution in [1.29, 1.82) is 0 Å². The molecule has 0 aromatic rings. The molecule has 7 heteroatoms. The van der Waals surface area contributed by atoms with Crippen LogP contribution in [0.4, 0.5) is 0 Å². The van der Waals surface area contributed by atoms with Crippen LogP contribution >= 0.6 is 0 Å². The van der Waals surface area contributed by atoms with Gasteiger partial charge in [-0.05, 0) is 26.7 Å². The summed E-state index contributed by atoms with van der Waals surface area (Å²) in [6.07, 6.45) is 1.17. The third-order valence-corrected chi connectivity index (χ3v) is 4.06. The molecule has 104 valence electrons. The van der Waals surface area contributed by atoms with E-state index < -0.39 is 34.6 Å². The third-order valence-electron chi connectivity index (χ3n) is 4.06. The Morgan fingerprint density at radius 3 is 2.26 bits per heavy atom. The summed E-state index contributed by atoms with van der Waals surface area (Å²) in [7, 11) is 0. The Labute approximate surface area is 109 Å². The lowest BCUT2D eigenvalue weighted by Crippen LogP contribution is -2.69. The second-order valence-electron chi connectivity index (χ2n) is 5.57. The molecule has 2 N–H and O–H groups in total. The zero-order chi connectivity index (χ0) is 14.4. The van der Waals surface area contributed by atoms with Crippen molar-refractivity contribution in [2.45, 2.75) is 38.6 Å². The first kappa shape index (κ1) is 13.5. The van der Waals surface area contributed by atoms with Gasteiger partial charge in [-0.3, -0.25) is 24.5 Å². The second kappa shape index (κ2) is 4.04. The number of nitrogens with one attached hydrogen (secondary N) is 1. The molecule has 7 nitrogen and oxygen atoms in total. The van der Waals surface area contributed by atoms with E-state index >= 15 is 0 Å². The number of carbonyl (C=O) groups is 4. The molecule has 0 spiro atoms. The van der Waals surface area contributed by atoms with E-state index in [2.05, 4.69) is 5.32 Å². The van der Waals surface area contributed by atoms with Crippen molar-refractivity contribution in [3.8, 4) is 0 Å². The minimum Gasteiger partial charge on any atom is -0.480 e. The molecule has 0 radical (unpaired) electrons. The molecule has 0 atom stereocenters. The van der Waals surface area contributed by atoms with E-state index in [0.717, 1.165) is 4.90 Å². The maximum atomic E-state index is 12.5. The first-order valence-electron chi connectivity index (χ1n) is 6.11. The predicted molar refractivity (Wildman–Crippen MR) is 62.9 cm³/mol. The van der Waals surface area contributed by atoms with Gasteiger partial charge in [0.05, 0.1) is 0 Å². The van der Waals surface area contributed by atoms with Crippen molar-refractivity contribution >= 4 is 23.7 Å². The fraction of sp³-hybridized carbons (Fsp3) is 0.667. The fourth-order valence-corrected chi connectivity index (χ4v) is 2.42. The quantitative estimate of drug-likeness (QED) is 0.519. The molecule has 0 unspecified atom stereocenters. The van der Waals surface area contributed by atoms with Crippen LogP contribution in [-0.4, -0.2) is 45.8 Å². The highest BCUT2D eigenvalue weighted by molar-refractivity contribution is 6.10. The van der Waals surface area contributed by atoms with Gasteiger partial charge in [0.2, 0.25) is 11.8 Å². The smallest absolute Gasteiger partial charge is 0.319 e. The lowest BCUT2D eigenvalue weighted by atomic mass is 9.67. The number of carbonyl (C=O) groups excluding carboxylic acids is 3. The van der Waals surface area contributed by atoms with E-state index in [4.69, 9.17) is 0 Å². The topological polar surface area (TPSA) is 104 Å². The van der Waals surface area contributed by atoms with Crippen LogP contribution in [0, 0.1) is 5.41 Å². The number of imide groups is 1. The van der Waals surface area contributed by atoms with Gasteiger partial charge in [0.15, 0.2) is 0 Å². The fourth-order valence-electron chi connectivity index (χ4n) is 2.42. The lowest BCUT2D eigenvalue weighted by molar-refractivity contribution is -0.175. The number of piperazine rings is 1. The van der Waals surface area contributed by atoms with Crippen LogP contribution in [0.15, 0.2) is 0 Å². The maximum Gasteiger partial charge on any atom is 0.319 e. The molecule has 3 amide bonds. The Kier molecular flexibility index (Phi) is 2.87. The van der Waals surface area contributed by atoms with E-state index in [1.54, 1.807) is 0 Å². The van der Waals surface area contributed by atoms with Crippen LogP contribution in [0.3, 0.4) is 0 Å². The summed E-state index contributed by atoms with van der Waals surface area (Å²) in [5, 5.41) is 11.4. The summed E-state index contributed by atoms with van der Waals surface area (Å²) in [6.45, 7) is 2.72. The number of nitrogens with zero attached hydrogens (tertiary/aromatic N) is 1. The van der Waals surface area contributed by atoms with Gasteiger partial charge in [-0.1, -0.05) is 6.42 Å². The molecular formula is C12H16N2O5. The zero-order valence-electron chi connectivity index (χ0n) is 10.9. The van der Waals surface area contributed by atoms with Gasteiger partial charge in [0.25, 0.3) is 5.91 Å². The van der Waals surface area contributed by atoms with Gasteiger partial charge in [-0.25, -0.2) is 0 Å². The van der Waals surface area contributed by atoms with Crippen LogP contribution in [0.2, 0.25) is 0 Å². The van der Waals surface area contributed by atoms with E-state index in [-0.39, 0.29) is 19.4 Å². The average molecular weight is 268 g/mol. The van der Waals surface area contributed by atoms with E-state index in [9.17, 15) is 24.3 Å². The van der Waals surface area contributed by atoms with E-state index in [0.29, 0.717) is 6.42 Å². The molecule has 1 aliphatic heterocycles. The number of hydrogen-bond acceptors (Lipinski definition) is 4. The first-order valence-corrected chi connectivity index (χ1v) is 6.11. The van der Waals surface area contributed by atoms with Gasteiger partial charge in [-0.2, -0.15) is 0 Å². The molecular weight excluding hydrogens is 252 g/mol. The molecule has 1 saturated heterocycles. The zero-order valence-corrected chi connectivity index (χ0v) is 10.9. The summed E-state index contributed by atoms with van der Waals surface area (Å²) in [5.74, 6) is -2.99. The molecule has 2 aliphatic rings. The first-order chi connectivity index (χ1) is 8.71. The summed E-state index contributed by atoms with van der Waals surface area (Å²) in [4.78, 5) is 48.1. The van der Waals surface area contributed by atoms with Gasteiger partial charge in [0.1, 0.15) is 17.5 Å². The van der Waals surface area contributed by atoms with Crippen LogP contribution in [-0.2, 0) is 19.2 Å². The molecule has 2 fully saturated rings. The van der Waals surface area contributed by atoms with Crippen LogP contribution < -0.4 is 5.32 Å². The molecule has 0 aromatic heterocycles. The molecule has 1 aliphatic carbocycles. The summed E-state index contributed by atoms with van der Waals surface area (Å²) >= 11 is 0. The Hall–Kier alpha value is -1.92. The molecule has 1 heterocycles. The Morgan fingerprint density at radius 1 is 1.26 bits per heavy atom. The highest BCUT2D eigenvalue weighted by atomic mass is 16.4. The molecule has 2 rings (SSSR count). The highest BCUT2D eigenvalue weighted by Gasteiger charge is 2.57. The Bertz CT molecular complexity index is 479.